The van der Waals surface area contributed by atoms with Gasteiger partial charge in [-0.25, -0.2) is 4.98 Å². The Kier molecular flexibility index (Phi) is 3.74. The van der Waals surface area contributed by atoms with Gasteiger partial charge in [0.25, 0.3) is 0 Å². The molecule has 0 saturated carbocycles. The molecule has 0 aromatic carbocycles. The average Bonchev–Trinajstić information content (AvgIpc) is 2.64. The van der Waals surface area contributed by atoms with E-state index >= 15 is 0 Å². The van der Waals surface area contributed by atoms with Gasteiger partial charge in [-0.1, -0.05) is 0 Å². The standard InChI is InChI=1S/C8H6ClFIN3O3S/c9-8-12-2-5(11)7(13-8)14-3-4(1-6(14)15)18(10,16)17/h2,4H,1,3H2. The van der Waals surface area contributed by atoms with Crippen molar-refractivity contribution < 1.29 is 17.1 Å². The summed E-state index contributed by atoms with van der Waals surface area (Å²) in [6.45, 7) is -0.263. The van der Waals surface area contributed by atoms with Crippen molar-refractivity contribution in [3.8, 4) is 0 Å². The Morgan fingerprint density at radius 1 is 1.56 bits per heavy atom. The third kappa shape index (κ3) is 2.72. The van der Waals surface area contributed by atoms with Gasteiger partial charge in [0.1, 0.15) is 5.25 Å². The third-order valence-electron chi connectivity index (χ3n) is 2.44. The van der Waals surface area contributed by atoms with Crippen LogP contribution >= 0.6 is 34.2 Å². The summed E-state index contributed by atoms with van der Waals surface area (Å²) in [7, 11) is -4.74. The zero-order valence-corrected chi connectivity index (χ0v) is 12.4. The van der Waals surface area contributed by atoms with E-state index < -0.39 is 27.8 Å². The molecule has 1 aliphatic heterocycles. The maximum Gasteiger partial charge on any atom is 0.307 e. The van der Waals surface area contributed by atoms with Gasteiger partial charge in [0.2, 0.25) is 11.2 Å². The number of hydrogen-bond acceptors (Lipinski definition) is 5. The molecule has 0 bridgehead atoms. The summed E-state index contributed by atoms with van der Waals surface area (Å²) in [5.41, 5.74) is 0. The lowest BCUT2D eigenvalue weighted by Crippen LogP contribution is -2.28. The molecule has 98 valence electrons. The first-order valence-electron chi connectivity index (χ1n) is 4.71. The number of carbonyl (C=O) groups excluding carboxylic acids is 1. The van der Waals surface area contributed by atoms with Crippen LogP contribution < -0.4 is 4.90 Å². The first kappa shape index (κ1) is 13.9. The van der Waals surface area contributed by atoms with Crippen LogP contribution in [0.5, 0.6) is 0 Å². The molecule has 1 aliphatic rings. The van der Waals surface area contributed by atoms with Gasteiger partial charge in [0.05, 0.1) is 3.57 Å². The molecule has 0 radical (unpaired) electrons. The monoisotopic (exact) mass is 405 g/mol. The highest BCUT2D eigenvalue weighted by molar-refractivity contribution is 14.1. The fourth-order valence-electron chi connectivity index (χ4n) is 1.59. The minimum atomic E-state index is -4.74. The molecular weight excluding hydrogens is 400 g/mol. The van der Waals surface area contributed by atoms with E-state index in [1.807, 2.05) is 22.6 Å². The Bertz CT molecular complexity index is 612. The van der Waals surface area contributed by atoms with Gasteiger partial charge in [-0.15, -0.1) is 3.89 Å². The maximum absolute atomic E-state index is 12.9. The summed E-state index contributed by atoms with van der Waals surface area (Å²) in [5, 5.41) is -1.42. The van der Waals surface area contributed by atoms with E-state index in [4.69, 9.17) is 11.6 Å². The maximum atomic E-state index is 12.9. The molecule has 1 amide bonds. The molecule has 2 rings (SSSR count). The first-order valence-corrected chi connectivity index (χ1v) is 7.61. The molecule has 18 heavy (non-hydrogen) atoms. The van der Waals surface area contributed by atoms with Crippen LogP contribution in [0.25, 0.3) is 0 Å². The fourth-order valence-corrected chi connectivity index (χ4v) is 2.94. The second-order valence-electron chi connectivity index (χ2n) is 3.62. The fraction of sp³-hybridized carbons (Fsp3) is 0.375. The molecule has 10 heteroatoms. The Labute approximate surface area is 121 Å². The van der Waals surface area contributed by atoms with Gasteiger partial charge in [-0.2, -0.15) is 13.4 Å². The minimum absolute atomic E-state index is 0.0650. The topological polar surface area (TPSA) is 80.2 Å². The van der Waals surface area contributed by atoms with Gasteiger partial charge in [0.15, 0.2) is 5.82 Å². The Balaban J connectivity index is 2.35. The number of carbonyl (C=O) groups is 1. The van der Waals surface area contributed by atoms with Crippen molar-refractivity contribution in [3.05, 3.63) is 15.1 Å². The van der Waals surface area contributed by atoms with Crippen molar-refractivity contribution in [3.63, 3.8) is 0 Å². The second kappa shape index (κ2) is 4.85. The highest BCUT2D eigenvalue weighted by Crippen LogP contribution is 2.28. The van der Waals surface area contributed by atoms with Crippen LogP contribution in [-0.4, -0.2) is 36.1 Å². The van der Waals surface area contributed by atoms with E-state index in [1.165, 1.54) is 6.20 Å². The first-order chi connectivity index (χ1) is 8.29. The molecule has 0 spiro atoms. The SMILES string of the molecule is O=C1CC(S(=O)(=O)F)CN1c1nc(Cl)ncc1I. The van der Waals surface area contributed by atoms with E-state index in [1.54, 1.807) is 0 Å². The van der Waals surface area contributed by atoms with Crippen molar-refractivity contribution in [2.24, 2.45) is 0 Å². The minimum Gasteiger partial charge on any atom is -0.294 e. The number of nitrogens with zero attached hydrogens (tertiary/aromatic N) is 3. The van der Waals surface area contributed by atoms with Crippen molar-refractivity contribution in [2.45, 2.75) is 11.7 Å². The van der Waals surface area contributed by atoms with Gasteiger partial charge < -0.3 is 0 Å². The second-order valence-corrected chi connectivity index (χ2v) is 6.73. The van der Waals surface area contributed by atoms with Crippen molar-refractivity contribution in [1.29, 1.82) is 0 Å². The van der Waals surface area contributed by atoms with Crippen LogP contribution in [-0.2, 0) is 15.0 Å². The molecule has 1 fully saturated rings. The lowest BCUT2D eigenvalue weighted by molar-refractivity contribution is -0.117. The van der Waals surface area contributed by atoms with Crippen LogP contribution in [0.15, 0.2) is 6.20 Å². The number of rotatable bonds is 2. The van der Waals surface area contributed by atoms with E-state index in [2.05, 4.69) is 9.97 Å². The predicted octanol–water partition coefficient (Wildman–Crippen LogP) is 1.14. The molecule has 2 heterocycles. The lowest BCUT2D eigenvalue weighted by atomic mass is 10.4. The molecule has 0 aliphatic carbocycles. The summed E-state index contributed by atoms with van der Waals surface area (Å²) >= 11 is 7.50. The van der Waals surface area contributed by atoms with Crippen molar-refractivity contribution in [2.75, 3.05) is 11.4 Å². The van der Waals surface area contributed by atoms with Gasteiger partial charge in [0, 0.05) is 19.2 Å². The lowest BCUT2D eigenvalue weighted by Gasteiger charge is -2.16. The molecule has 1 atom stereocenters. The number of hydrogen-bond donors (Lipinski definition) is 0. The Morgan fingerprint density at radius 3 is 2.78 bits per heavy atom. The normalized spacial score (nSPS) is 20.5. The zero-order chi connectivity index (χ0) is 13.5. The number of anilines is 1. The number of amides is 1. The van der Waals surface area contributed by atoms with Crippen LogP contribution in [0, 0.1) is 3.57 Å². The summed E-state index contributed by atoms with van der Waals surface area (Å²) < 4.78 is 35.0. The molecular formula is C8H6ClFIN3O3S. The largest absolute Gasteiger partial charge is 0.307 e. The van der Waals surface area contributed by atoms with Crippen LogP contribution in [0.4, 0.5) is 9.70 Å². The average molecular weight is 406 g/mol. The quantitative estimate of drug-likeness (QED) is 0.419. The number of aromatic nitrogens is 2. The summed E-state index contributed by atoms with van der Waals surface area (Å²) in [4.78, 5) is 20.4. The molecule has 0 N–H and O–H groups in total. The Morgan fingerprint density at radius 2 is 2.22 bits per heavy atom. The van der Waals surface area contributed by atoms with E-state index in [-0.39, 0.29) is 17.6 Å². The van der Waals surface area contributed by atoms with Crippen LogP contribution in [0.3, 0.4) is 0 Å². The van der Waals surface area contributed by atoms with Crippen molar-refractivity contribution >= 4 is 56.1 Å². The van der Waals surface area contributed by atoms with E-state index in [9.17, 15) is 17.1 Å². The highest BCUT2D eigenvalue weighted by Gasteiger charge is 2.40. The smallest absolute Gasteiger partial charge is 0.294 e. The predicted molar refractivity (Wildman–Crippen MR) is 70.5 cm³/mol. The van der Waals surface area contributed by atoms with Crippen LogP contribution in [0.1, 0.15) is 6.42 Å². The highest BCUT2D eigenvalue weighted by atomic mass is 127. The molecule has 1 aromatic heterocycles. The van der Waals surface area contributed by atoms with E-state index in [0.29, 0.717) is 3.57 Å². The molecule has 1 unspecified atom stereocenters. The summed E-state index contributed by atoms with van der Waals surface area (Å²) in [6, 6.07) is 0. The van der Waals surface area contributed by atoms with Gasteiger partial charge in [-0.3, -0.25) is 9.69 Å². The molecule has 1 aromatic rings. The van der Waals surface area contributed by atoms with Gasteiger partial charge >= 0.3 is 10.2 Å². The van der Waals surface area contributed by atoms with Gasteiger partial charge in [-0.05, 0) is 34.2 Å². The van der Waals surface area contributed by atoms with Crippen LogP contribution in [0.2, 0.25) is 5.28 Å². The number of halogens is 3. The Hall–Kier alpha value is -0.550. The van der Waals surface area contributed by atoms with Crippen molar-refractivity contribution in [1.82, 2.24) is 9.97 Å². The molecule has 6 nitrogen and oxygen atoms in total. The summed E-state index contributed by atoms with van der Waals surface area (Å²) in [5.74, 6) is -0.305. The zero-order valence-electron chi connectivity index (χ0n) is 8.68. The third-order valence-corrected chi connectivity index (χ3v) is 4.49. The van der Waals surface area contributed by atoms with E-state index in [0.717, 1.165) is 4.90 Å². The summed E-state index contributed by atoms with van der Waals surface area (Å²) in [6.07, 6.45) is 1.01. The molecule has 1 saturated heterocycles.